The summed E-state index contributed by atoms with van der Waals surface area (Å²) in [5, 5.41) is 3.75. The van der Waals surface area contributed by atoms with Crippen LogP contribution in [0.15, 0.2) is 71.3 Å². The second kappa shape index (κ2) is 7.96. The molecule has 0 fully saturated rings. The number of benzene rings is 2. The minimum absolute atomic E-state index is 0.171. The van der Waals surface area contributed by atoms with E-state index in [-0.39, 0.29) is 17.5 Å². The number of furan rings is 1. The predicted molar refractivity (Wildman–Crippen MR) is 108 cm³/mol. The summed E-state index contributed by atoms with van der Waals surface area (Å²) in [6, 6.07) is 16.9. The monoisotopic (exact) mass is 412 g/mol. The van der Waals surface area contributed by atoms with Gasteiger partial charge in [0.1, 0.15) is 11.6 Å². The van der Waals surface area contributed by atoms with Crippen molar-refractivity contribution in [3.63, 3.8) is 0 Å². The van der Waals surface area contributed by atoms with Crippen LogP contribution in [0, 0.1) is 5.82 Å². The second-order valence-electron chi connectivity index (χ2n) is 6.03. The molecule has 0 radical (unpaired) electrons. The minimum Gasteiger partial charge on any atom is -0.451 e. The summed E-state index contributed by atoms with van der Waals surface area (Å²) < 4.78 is 18.6. The van der Waals surface area contributed by atoms with Gasteiger partial charge in [0.2, 0.25) is 0 Å². The number of anilines is 1. The van der Waals surface area contributed by atoms with Gasteiger partial charge in [-0.3, -0.25) is 10.1 Å². The first kappa shape index (κ1) is 18.4. The fourth-order valence-corrected chi connectivity index (χ4v) is 3.75. The number of aromatic nitrogens is 1. The zero-order valence-corrected chi connectivity index (χ0v) is 16.1. The van der Waals surface area contributed by atoms with Crippen molar-refractivity contribution in [2.75, 3.05) is 5.32 Å². The third-order valence-electron chi connectivity index (χ3n) is 4.03. The van der Waals surface area contributed by atoms with Crippen LogP contribution in [-0.4, -0.2) is 10.9 Å². The van der Waals surface area contributed by atoms with E-state index in [0.29, 0.717) is 22.3 Å². The maximum Gasteiger partial charge on any atom is 0.293 e. The Morgan fingerprint density at radius 2 is 1.89 bits per heavy atom. The van der Waals surface area contributed by atoms with E-state index in [1.54, 1.807) is 36.5 Å². The predicted octanol–water partition coefficient (Wildman–Crippen LogP) is 6.04. The van der Waals surface area contributed by atoms with Crippen LogP contribution in [0.3, 0.4) is 0 Å². The third kappa shape index (κ3) is 4.13. The molecule has 28 heavy (non-hydrogen) atoms. The van der Waals surface area contributed by atoms with Crippen LogP contribution in [0.25, 0.3) is 11.3 Å². The number of nitrogens with one attached hydrogen (secondary N) is 1. The number of halogens is 2. The van der Waals surface area contributed by atoms with Crippen molar-refractivity contribution in [3.8, 4) is 11.3 Å². The quantitative estimate of drug-likeness (QED) is 0.434. The second-order valence-corrected chi connectivity index (χ2v) is 7.56. The molecule has 0 aliphatic carbocycles. The fourth-order valence-electron chi connectivity index (χ4n) is 2.67. The highest BCUT2D eigenvalue weighted by atomic mass is 35.5. The Balaban J connectivity index is 1.44. The number of carbonyl (C=O) groups excluding carboxylic acids is 1. The summed E-state index contributed by atoms with van der Waals surface area (Å²) >= 11 is 7.53. The van der Waals surface area contributed by atoms with Crippen LogP contribution in [0.1, 0.15) is 21.0 Å². The minimum atomic E-state index is -0.388. The summed E-state index contributed by atoms with van der Waals surface area (Å²) in [5.74, 6) is 0.0358. The number of amides is 1. The standard InChI is InChI=1S/C21H14ClFN2O2S/c22-17-4-2-1-3-16(17)18-9-10-19(27-18)20(26)25-21-24-12-15(28-21)11-13-5-7-14(23)8-6-13/h1-10,12H,11H2,(H,24,25,26). The Bertz CT molecular complexity index is 1120. The van der Waals surface area contributed by atoms with Crippen molar-refractivity contribution in [1.29, 1.82) is 0 Å². The first-order valence-electron chi connectivity index (χ1n) is 8.44. The molecule has 0 aliphatic heterocycles. The van der Waals surface area contributed by atoms with Crippen molar-refractivity contribution in [1.82, 2.24) is 4.98 Å². The van der Waals surface area contributed by atoms with Gasteiger partial charge in [-0.1, -0.05) is 35.9 Å². The van der Waals surface area contributed by atoms with Crippen LogP contribution in [0.2, 0.25) is 5.02 Å². The lowest BCUT2D eigenvalue weighted by molar-refractivity contribution is 0.0997. The van der Waals surface area contributed by atoms with Crippen molar-refractivity contribution in [2.24, 2.45) is 0 Å². The SMILES string of the molecule is O=C(Nc1ncc(Cc2ccc(F)cc2)s1)c1ccc(-c2ccccc2Cl)o1. The molecule has 0 unspecified atom stereocenters. The van der Waals surface area contributed by atoms with Crippen LogP contribution < -0.4 is 5.32 Å². The summed E-state index contributed by atoms with van der Waals surface area (Å²) in [7, 11) is 0. The first-order valence-corrected chi connectivity index (χ1v) is 9.63. The third-order valence-corrected chi connectivity index (χ3v) is 5.28. The van der Waals surface area contributed by atoms with Gasteiger partial charge in [0.15, 0.2) is 10.9 Å². The van der Waals surface area contributed by atoms with E-state index in [9.17, 15) is 9.18 Å². The van der Waals surface area contributed by atoms with Crippen LogP contribution >= 0.6 is 22.9 Å². The normalized spacial score (nSPS) is 10.8. The highest BCUT2D eigenvalue weighted by Gasteiger charge is 2.15. The molecule has 2 aromatic carbocycles. The molecule has 4 rings (SSSR count). The molecule has 1 amide bonds. The Hall–Kier alpha value is -2.96. The summed E-state index contributed by atoms with van der Waals surface area (Å²) in [6.07, 6.45) is 2.31. The lowest BCUT2D eigenvalue weighted by Gasteiger charge is -2.00. The molecule has 140 valence electrons. The van der Waals surface area contributed by atoms with E-state index < -0.39 is 0 Å². The summed E-state index contributed by atoms with van der Waals surface area (Å²) in [6.45, 7) is 0. The maximum atomic E-state index is 13.0. The van der Waals surface area contributed by atoms with E-state index >= 15 is 0 Å². The van der Waals surface area contributed by atoms with E-state index in [1.165, 1.54) is 23.5 Å². The smallest absolute Gasteiger partial charge is 0.293 e. The average molecular weight is 413 g/mol. The lowest BCUT2D eigenvalue weighted by atomic mass is 10.1. The Labute approximate surface area is 169 Å². The number of hydrogen-bond acceptors (Lipinski definition) is 4. The number of thiazole rings is 1. The van der Waals surface area contributed by atoms with Crippen molar-refractivity contribution >= 4 is 34.0 Å². The van der Waals surface area contributed by atoms with Gasteiger partial charge in [0.25, 0.3) is 5.91 Å². The van der Waals surface area contributed by atoms with Crippen molar-refractivity contribution in [3.05, 3.63) is 93.9 Å². The Morgan fingerprint density at radius 1 is 1.11 bits per heavy atom. The molecular weight excluding hydrogens is 399 g/mol. The van der Waals surface area contributed by atoms with Gasteiger partial charge in [-0.2, -0.15) is 0 Å². The van der Waals surface area contributed by atoms with Gasteiger partial charge in [-0.05, 0) is 42.0 Å². The van der Waals surface area contributed by atoms with Crippen LogP contribution in [0.4, 0.5) is 9.52 Å². The molecule has 7 heteroatoms. The molecule has 0 spiro atoms. The number of hydrogen-bond donors (Lipinski definition) is 1. The average Bonchev–Trinajstić information content (AvgIpc) is 3.34. The van der Waals surface area contributed by atoms with Gasteiger partial charge in [0, 0.05) is 23.1 Å². The largest absolute Gasteiger partial charge is 0.451 e. The van der Waals surface area contributed by atoms with Crippen LogP contribution in [0.5, 0.6) is 0 Å². The molecule has 0 bridgehead atoms. The van der Waals surface area contributed by atoms with Crippen molar-refractivity contribution < 1.29 is 13.6 Å². The molecule has 4 nitrogen and oxygen atoms in total. The zero-order valence-electron chi connectivity index (χ0n) is 14.5. The van der Waals surface area contributed by atoms with E-state index in [1.807, 2.05) is 18.2 Å². The number of rotatable bonds is 5. The van der Waals surface area contributed by atoms with Gasteiger partial charge in [0.05, 0.1) is 5.02 Å². The molecular formula is C21H14ClFN2O2S. The highest BCUT2D eigenvalue weighted by Crippen LogP contribution is 2.29. The Kier molecular flexibility index (Phi) is 5.23. The molecule has 2 aromatic heterocycles. The molecule has 0 atom stereocenters. The molecule has 0 saturated heterocycles. The van der Waals surface area contributed by atoms with Crippen molar-refractivity contribution in [2.45, 2.75) is 6.42 Å². The van der Waals surface area contributed by atoms with Crippen LogP contribution in [-0.2, 0) is 6.42 Å². The fraction of sp³-hybridized carbons (Fsp3) is 0.0476. The van der Waals surface area contributed by atoms with Gasteiger partial charge in [-0.15, -0.1) is 11.3 Å². The topological polar surface area (TPSA) is 55.1 Å². The zero-order chi connectivity index (χ0) is 19.5. The first-order chi connectivity index (χ1) is 13.6. The number of nitrogens with zero attached hydrogens (tertiary/aromatic N) is 1. The molecule has 1 N–H and O–H groups in total. The maximum absolute atomic E-state index is 13.0. The Morgan fingerprint density at radius 3 is 2.68 bits per heavy atom. The molecule has 0 aliphatic rings. The lowest BCUT2D eigenvalue weighted by Crippen LogP contribution is -2.10. The molecule has 4 aromatic rings. The highest BCUT2D eigenvalue weighted by molar-refractivity contribution is 7.15. The van der Waals surface area contributed by atoms with E-state index in [4.69, 9.17) is 16.0 Å². The van der Waals surface area contributed by atoms with Gasteiger partial charge < -0.3 is 4.42 Å². The van der Waals surface area contributed by atoms with Gasteiger partial charge in [-0.25, -0.2) is 9.37 Å². The molecule has 0 saturated carbocycles. The van der Waals surface area contributed by atoms with Gasteiger partial charge >= 0.3 is 0 Å². The molecule has 2 heterocycles. The number of carbonyl (C=O) groups is 1. The summed E-state index contributed by atoms with van der Waals surface area (Å²) in [4.78, 5) is 17.6. The van der Waals surface area contributed by atoms with E-state index in [0.717, 1.165) is 16.0 Å². The van der Waals surface area contributed by atoms with E-state index in [2.05, 4.69) is 10.3 Å². The summed E-state index contributed by atoms with van der Waals surface area (Å²) in [5.41, 5.74) is 1.69.